The number of fused-ring (bicyclic) bond motifs is 1. The van der Waals surface area contributed by atoms with Gasteiger partial charge in [-0.1, -0.05) is 30.3 Å². The zero-order valence-electron chi connectivity index (χ0n) is 11.7. The van der Waals surface area contributed by atoms with Crippen molar-refractivity contribution < 1.29 is 19.0 Å². The number of hydrogen-bond acceptors (Lipinski definition) is 4. The summed E-state index contributed by atoms with van der Waals surface area (Å²) in [5, 5.41) is 2.68. The Hall–Kier alpha value is -2.21. The lowest BCUT2D eigenvalue weighted by atomic mass is 10.2. The zero-order chi connectivity index (χ0) is 15.4. The molecule has 0 unspecified atom stereocenters. The molecule has 0 aliphatic carbocycles. The molecular weight excluding hydrogens is 350 g/mol. The molecule has 2 aromatic carbocycles. The Morgan fingerprint density at radius 3 is 2.59 bits per heavy atom. The Morgan fingerprint density at radius 2 is 1.82 bits per heavy atom. The average molecular weight is 364 g/mol. The van der Waals surface area contributed by atoms with Crippen molar-refractivity contribution in [3.63, 3.8) is 0 Å². The van der Waals surface area contributed by atoms with Gasteiger partial charge in [-0.25, -0.2) is 4.79 Å². The minimum atomic E-state index is -0.539. The second-order valence-corrected chi connectivity index (χ2v) is 5.49. The summed E-state index contributed by atoms with van der Waals surface area (Å²) < 4.78 is 17.1. The number of carbonyl (C=O) groups excluding carboxylic acids is 1. The van der Waals surface area contributed by atoms with Crippen LogP contribution in [0.1, 0.15) is 5.56 Å². The molecule has 1 aliphatic rings. The molecule has 22 heavy (non-hydrogen) atoms. The summed E-state index contributed by atoms with van der Waals surface area (Å²) in [5.41, 5.74) is 1.45. The van der Waals surface area contributed by atoms with Crippen LogP contribution in [0.4, 0.5) is 10.5 Å². The maximum atomic E-state index is 11.9. The van der Waals surface area contributed by atoms with E-state index in [4.69, 9.17) is 14.2 Å². The molecule has 5 nitrogen and oxygen atoms in total. The lowest BCUT2D eigenvalue weighted by Gasteiger charge is -2.22. The van der Waals surface area contributed by atoms with E-state index in [-0.39, 0.29) is 6.61 Å². The molecule has 0 spiro atoms. The van der Waals surface area contributed by atoms with Crippen LogP contribution in [0, 0.1) is 0 Å². The van der Waals surface area contributed by atoms with Crippen molar-refractivity contribution in [1.82, 2.24) is 0 Å². The maximum absolute atomic E-state index is 11.9. The zero-order valence-corrected chi connectivity index (χ0v) is 13.3. The molecule has 0 aromatic heterocycles. The van der Waals surface area contributed by atoms with Gasteiger partial charge in [0.25, 0.3) is 0 Å². The Kier molecular flexibility index (Phi) is 4.48. The van der Waals surface area contributed by atoms with Gasteiger partial charge in [-0.05, 0) is 33.6 Å². The summed E-state index contributed by atoms with van der Waals surface area (Å²) in [6.45, 7) is 1.13. The van der Waals surface area contributed by atoms with E-state index in [1.165, 1.54) is 0 Å². The molecule has 114 valence electrons. The standard InChI is InChI=1S/C16H14BrNO4/c17-12-6-7-13(15-14(12)20-8-9-21-15)18-16(19)22-10-11-4-2-1-3-5-11/h1-7H,8-10H2,(H,18,19). The second kappa shape index (κ2) is 6.70. The van der Waals surface area contributed by atoms with Crippen molar-refractivity contribution in [2.75, 3.05) is 18.5 Å². The van der Waals surface area contributed by atoms with Gasteiger partial charge in [0.15, 0.2) is 11.5 Å². The van der Waals surface area contributed by atoms with Crippen molar-refractivity contribution in [3.8, 4) is 11.5 Å². The first kappa shape index (κ1) is 14.7. The highest BCUT2D eigenvalue weighted by Gasteiger charge is 2.20. The van der Waals surface area contributed by atoms with E-state index >= 15 is 0 Å². The van der Waals surface area contributed by atoms with Gasteiger partial charge in [0.1, 0.15) is 19.8 Å². The number of rotatable bonds is 3. The molecule has 0 radical (unpaired) electrons. The topological polar surface area (TPSA) is 56.8 Å². The summed E-state index contributed by atoms with van der Waals surface area (Å²) in [6, 6.07) is 13.0. The van der Waals surface area contributed by atoms with E-state index in [2.05, 4.69) is 21.2 Å². The largest absolute Gasteiger partial charge is 0.485 e. The van der Waals surface area contributed by atoms with Crippen LogP contribution in [0.2, 0.25) is 0 Å². The molecule has 1 N–H and O–H groups in total. The van der Waals surface area contributed by atoms with Crippen LogP contribution < -0.4 is 14.8 Å². The average Bonchev–Trinajstić information content (AvgIpc) is 2.57. The van der Waals surface area contributed by atoms with E-state index in [1.807, 2.05) is 30.3 Å². The molecule has 0 fully saturated rings. The first-order chi connectivity index (χ1) is 10.7. The minimum Gasteiger partial charge on any atom is -0.485 e. The number of ether oxygens (including phenoxy) is 3. The first-order valence-electron chi connectivity index (χ1n) is 6.80. The number of carbonyl (C=O) groups is 1. The molecule has 2 aromatic rings. The summed E-state index contributed by atoms with van der Waals surface area (Å²) >= 11 is 3.39. The Balaban J connectivity index is 1.67. The Bertz CT molecular complexity index is 675. The highest BCUT2D eigenvalue weighted by Crippen LogP contribution is 2.43. The Labute approximate surface area is 136 Å². The fourth-order valence-corrected chi connectivity index (χ4v) is 2.50. The van der Waals surface area contributed by atoms with Gasteiger partial charge >= 0.3 is 6.09 Å². The number of amides is 1. The molecule has 0 saturated carbocycles. The maximum Gasteiger partial charge on any atom is 0.412 e. The molecule has 3 rings (SSSR count). The van der Waals surface area contributed by atoms with Crippen molar-refractivity contribution >= 4 is 27.7 Å². The van der Waals surface area contributed by atoms with Crippen LogP contribution in [0.25, 0.3) is 0 Å². The third-order valence-electron chi connectivity index (χ3n) is 3.09. The van der Waals surface area contributed by atoms with Gasteiger partial charge in [-0.15, -0.1) is 0 Å². The van der Waals surface area contributed by atoms with Gasteiger partial charge in [-0.2, -0.15) is 0 Å². The highest BCUT2D eigenvalue weighted by molar-refractivity contribution is 9.10. The lowest BCUT2D eigenvalue weighted by molar-refractivity contribution is 0.154. The quantitative estimate of drug-likeness (QED) is 0.896. The Morgan fingerprint density at radius 1 is 1.09 bits per heavy atom. The van der Waals surface area contributed by atoms with E-state index < -0.39 is 6.09 Å². The van der Waals surface area contributed by atoms with Crippen LogP contribution in [-0.2, 0) is 11.3 Å². The molecule has 6 heteroatoms. The molecule has 0 bridgehead atoms. The molecule has 1 amide bonds. The fourth-order valence-electron chi connectivity index (χ4n) is 2.07. The summed E-state index contributed by atoms with van der Waals surface area (Å²) in [6.07, 6.45) is -0.539. The van der Waals surface area contributed by atoms with E-state index in [9.17, 15) is 4.79 Å². The summed E-state index contributed by atoms with van der Waals surface area (Å²) in [7, 11) is 0. The van der Waals surface area contributed by atoms with Crippen LogP contribution in [-0.4, -0.2) is 19.3 Å². The number of nitrogens with one attached hydrogen (secondary N) is 1. The smallest absolute Gasteiger partial charge is 0.412 e. The number of hydrogen-bond donors (Lipinski definition) is 1. The third-order valence-corrected chi connectivity index (χ3v) is 3.71. The summed E-state index contributed by atoms with van der Waals surface area (Å²) in [5.74, 6) is 1.10. The summed E-state index contributed by atoms with van der Waals surface area (Å²) in [4.78, 5) is 11.9. The van der Waals surface area contributed by atoms with Crippen molar-refractivity contribution in [2.45, 2.75) is 6.61 Å². The van der Waals surface area contributed by atoms with Crippen molar-refractivity contribution in [1.29, 1.82) is 0 Å². The van der Waals surface area contributed by atoms with Crippen molar-refractivity contribution in [2.24, 2.45) is 0 Å². The van der Waals surface area contributed by atoms with Gasteiger partial charge in [0.05, 0.1) is 10.2 Å². The molecule has 0 atom stereocenters. The van der Waals surface area contributed by atoms with Gasteiger partial charge in [0.2, 0.25) is 0 Å². The predicted molar refractivity (Wildman–Crippen MR) is 85.4 cm³/mol. The molecular formula is C16H14BrNO4. The van der Waals surface area contributed by atoms with E-state index in [0.717, 1.165) is 10.0 Å². The van der Waals surface area contributed by atoms with Crippen LogP contribution >= 0.6 is 15.9 Å². The van der Waals surface area contributed by atoms with Gasteiger partial charge in [-0.3, -0.25) is 5.32 Å². The van der Waals surface area contributed by atoms with E-state index in [1.54, 1.807) is 12.1 Å². The molecule has 1 heterocycles. The SMILES string of the molecule is O=C(Nc1ccc(Br)c2c1OCCO2)OCc1ccccc1. The third kappa shape index (κ3) is 3.33. The lowest BCUT2D eigenvalue weighted by Crippen LogP contribution is -2.19. The predicted octanol–water partition coefficient (Wildman–Crippen LogP) is 3.97. The number of halogens is 1. The number of anilines is 1. The normalized spacial score (nSPS) is 12.6. The fraction of sp³-hybridized carbons (Fsp3) is 0.188. The van der Waals surface area contributed by atoms with Crippen LogP contribution in [0.15, 0.2) is 46.9 Å². The van der Waals surface area contributed by atoms with Gasteiger partial charge in [0, 0.05) is 0 Å². The number of benzene rings is 2. The van der Waals surface area contributed by atoms with E-state index in [0.29, 0.717) is 30.4 Å². The highest BCUT2D eigenvalue weighted by atomic mass is 79.9. The second-order valence-electron chi connectivity index (χ2n) is 4.64. The first-order valence-corrected chi connectivity index (χ1v) is 7.59. The molecule has 1 aliphatic heterocycles. The monoisotopic (exact) mass is 363 g/mol. The van der Waals surface area contributed by atoms with Crippen LogP contribution in [0.3, 0.4) is 0 Å². The van der Waals surface area contributed by atoms with Crippen LogP contribution in [0.5, 0.6) is 11.5 Å². The molecule has 0 saturated heterocycles. The van der Waals surface area contributed by atoms with Crippen molar-refractivity contribution in [3.05, 3.63) is 52.5 Å². The minimum absolute atomic E-state index is 0.211. The van der Waals surface area contributed by atoms with Gasteiger partial charge < -0.3 is 14.2 Å².